The molecule has 1 atom stereocenters. The molecule has 0 aromatic heterocycles. The molecular formula is C12H16BrN3O2. The Labute approximate surface area is 114 Å². The number of halogens is 1. The van der Waals surface area contributed by atoms with Gasteiger partial charge in [0.05, 0.1) is 12.6 Å². The van der Waals surface area contributed by atoms with E-state index >= 15 is 0 Å². The first-order valence-corrected chi connectivity index (χ1v) is 6.51. The molecule has 3 N–H and O–H groups in total. The number of hydrogen-bond acceptors (Lipinski definition) is 4. The Hall–Kier alpha value is -1.27. The number of hydrogen-bond donors (Lipinski definition) is 2. The Bertz CT molecular complexity index is 459. The van der Waals surface area contributed by atoms with E-state index in [0.717, 1.165) is 29.8 Å². The summed E-state index contributed by atoms with van der Waals surface area (Å²) in [5.74, 6) is 0.0975. The largest absolute Gasteiger partial charge is 0.409 e. The van der Waals surface area contributed by atoms with Crippen molar-refractivity contribution in [1.29, 1.82) is 0 Å². The molecule has 0 radical (unpaired) electrons. The second kappa shape index (κ2) is 5.58. The predicted molar refractivity (Wildman–Crippen MR) is 74.3 cm³/mol. The molecule has 0 amide bonds. The topological polar surface area (TPSA) is 71.1 Å². The Balaban J connectivity index is 2.22. The molecule has 1 saturated heterocycles. The molecule has 0 saturated carbocycles. The van der Waals surface area contributed by atoms with E-state index in [4.69, 9.17) is 15.7 Å². The fourth-order valence-electron chi connectivity index (χ4n) is 2.02. The smallest absolute Gasteiger partial charge is 0.171 e. The fourth-order valence-corrected chi connectivity index (χ4v) is 2.59. The van der Waals surface area contributed by atoms with Crippen LogP contribution in [0.4, 0.5) is 5.69 Å². The number of benzene rings is 1. The summed E-state index contributed by atoms with van der Waals surface area (Å²) >= 11 is 3.44. The van der Waals surface area contributed by atoms with E-state index in [1.54, 1.807) is 0 Å². The van der Waals surface area contributed by atoms with Crippen molar-refractivity contribution >= 4 is 27.5 Å². The molecule has 1 fully saturated rings. The first-order valence-electron chi connectivity index (χ1n) is 5.71. The van der Waals surface area contributed by atoms with Crippen molar-refractivity contribution in [3.05, 3.63) is 28.2 Å². The van der Waals surface area contributed by atoms with Gasteiger partial charge >= 0.3 is 0 Å². The zero-order chi connectivity index (χ0) is 13.1. The second-order valence-corrected chi connectivity index (χ2v) is 5.13. The summed E-state index contributed by atoms with van der Waals surface area (Å²) in [6.07, 6.45) is 1.04. The van der Waals surface area contributed by atoms with E-state index in [9.17, 15) is 0 Å². The molecule has 1 aromatic carbocycles. The third kappa shape index (κ3) is 2.59. The van der Waals surface area contributed by atoms with E-state index in [2.05, 4.69) is 26.0 Å². The number of nitrogens with zero attached hydrogens (tertiary/aromatic N) is 2. The van der Waals surface area contributed by atoms with Gasteiger partial charge in [0.1, 0.15) is 0 Å². The Kier molecular flexibility index (Phi) is 4.08. The first-order chi connectivity index (χ1) is 8.63. The Morgan fingerprint density at radius 3 is 2.94 bits per heavy atom. The molecular weight excluding hydrogens is 298 g/mol. The lowest BCUT2D eigenvalue weighted by atomic mass is 10.1. The maximum absolute atomic E-state index is 8.68. The van der Waals surface area contributed by atoms with Crippen LogP contribution in [-0.4, -0.2) is 37.3 Å². The minimum absolute atomic E-state index is 0.0975. The van der Waals surface area contributed by atoms with Crippen LogP contribution in [0.2, 0.25) is 0 Å². The van der Waals surface area contributed by atoms with Crippen LogP contribution in [0.1, 0.15) is 12.0 Å². The van der Waals surface area contributed by atoms with E-state index in [-0.39, 0.29) is 5.84 Å². The van der Waals surface area contributed by atoms with Crippen molar-refractivity contribution in [2.45, 2.75) is 12.5 Å². The minimum Gasteiger partial charge on any atom is -0.409 e. The lowest BCUT2D eigenvalue weighted by Crippen LogP contribution is -2.31. The van der Waals surface area contributed by atoms with E-state index < -0.39 is 0 Å². The van der Waals surface area contributed by atoms with Crippen molar-refractivity contribution in [1.82, 2.24) is 0 Å². The van der Waals surface area contributed by atoms with Crippen molar-refractivity contribution in [3.63, 3.8) is 0 Å². The minimum atomic E-state index is 0.0975. The van der Waals surface area contributed by atoms with Gasteiger partial charge in [0.15, 0.2) is 5.84 Å². The monoisotopic (exact) mass is 313 g/mol. The van der Waals surface area contributed by atoms with Crippen molar-refractivity contribution < 1.29 is 9.94 Å². The van der Waals surface area contributed by atoms with Gasteiger partial charge in [-0.1, -0.05) is 5.16 Å². The highest BCUT2D eigenvalue weighted by molar-refractivity contribution is 9.10. The van der Waals surface area contributed by atoms with Crippen LogP contribution < -0.4 is 10.6 Å². The third-order valence-corrected chi connectivity index (χ3v) is 3.85. The van der Waals surface area contributed by atoms with Crippen LogP contribution in [0, 0.1) is 0 Å². The molecule has 1 heterocycles. The first kappa shape index (κ1) is 13.2. The molecule has 1 aromatic rings. The summed E-state index contributed by atoms with van der Waals surface area (Å²) in [4.78, 5) is 2.19. The van der Waals surface area contributed by atoms with Crippen LogP contribution in [-0.2, 0) is 4.74 Å². The van der Waals surface area contributed by atoms with Gasteiger partial charge in [-0.05, 0) is 40.5 Å². The van der Waals surface area contributed by atoms with Gasteiger partial charge in [0, 0.05) is 29.4 Å². The van der Waals surface area contributed by atoms with Crippen LogP contribution in [0.15, 0.2) is 27.8 Å². The highest BCUT2D eigenvalue weighted by atomic mass is 79.9. The van der Waals surface area contributed by atoms with Crippen LogP contribution in [0.5, 0.6) is 0 Å². The summed E-state index contributed by atoms with van der Waals surface area (Å²) in [7, 11) is 2.05. The molecule has 1 unspecified atom stereocenters. The zero-order valence-corrected chi connectivity index (χ0v) is 11.7. The van der Waals surface area contributed by atoms with Crippen molar-refractivity contribution in [2.24, 2.45) is 10.9 Å². The number of oxime groups is 1. The van der Waals surface area contributed by atoms with Crippen LogP contribution in [0.25, 0.3) is 0 Å². The maximum atomic E-state index is 8.68. The van der Waals surface area contributed by atoms with E-state index in [0.29, 0.717) is 11.6 Å². The molecule has 6 heteroatoms. The quantitative estimate of drug-likeness (QED) is 0.386. The fraction of sp³-hybridized carbons (Fsp3) is 0.417. The average Bonchev–Trinajstić information content (AvgIpc) is 2.90. The Morgan fingerprint density at radius 1 is 1.61 bits per heavy atom. The molecule has 0 bridgehead atoms. The summed E-state index contributed by atoms with van der Waals surface area (Å²) in [5.41, 5.74) is 7.33. The standard InChI is InChI=1S/C12H16BrN3O2/c1-16(9-4-5-18-7-9)8-2-3-10(11(13)6-8)12(14)15-17/h2-3,6,9,17H,4-5,7H2,1H3,(H2,14,15). The summed E-state index contributed by atoms with van der Waals surface area (Å²) in [6.45, 7) is 1.58. The van der Waals surface area contributed by atoms with Gasteiger partial charge in [-0.25, -0.2) is 0 Å². The Morgan fingerprint density at radius 2 is 2.39 bits per heavy atom. The highest BCUT2D eigenvalue weighted by Gasteiger charge is 2.21. The third-order valence-electron chi connectivity index (χ3n) is 3.20. The molecule has 0 aliphatic carbocycles. The number of nitrogens with two attached hydrogens (primary N) is 1. The second-order valence-electron chi connectivity index (χ2n) is 4.28. The number of anilines is 1. The molecule has 18 heavy (non-hydrogen) atoms. The van der Waals surface area contributed by atoms with E-state index in [1.807, 2.05) is 25.2 Å². The number of likely N-dealkylation sites (N-methyl/N-ethyl adjacent to an activating group) is 1. The summed E-state index contributed by atoms with van der Waals surface area (Å²) in [5, 5.41) is 11.7. The molecule has 98 valence electrons. The SMILES string of the molecule is CN(c1ccc(/C(N)=N/O)c(Br)c1)C1CCOC1. The maximum Gasteiger partial charge on any atom is 0.171 e. The normalized spacial score (nSPS) is 20.1. The van der Waals surface area contributed by atoms with Crippen molar-refractivity contribution in [2.75, 3.05) is 25.2 Å². The number of ether oxygens (including phenoxy) is 1. The van der Waals surface area contributed by atoms with Gasteiger partial charge in [0.25, 0.3) is 0 Å². The number of amidine groups is 1. The highest BCUT2D eigenvalue weighted by Crippen LogP contribution is 2.26. The van der Waals surface area contributed by atoms with Gasteiger partial charge < -0.3 is 20.6 Å². The molecule has 0 spiro atoms. The number of rotatable bonds is 3. The lowest BCUT2D eigenvalue weighted by molar-refractivity contribution is 0.193. The predicted octanol–water partition coefficient (Wildman–Crippen LogP) is 1.77. The van der Waals surface area contributed by atoms with Gasteiger partial charge in [-0.2, -0.15) is 0 Å². The molecule has 5 nitrogen and oxygen atoms in total. The molecule has 1 aliphatic heterocycles. The molecule has 2 rings (SSSR count). The van der Waals surface area contributed by atoms with Gasteiger partial charge in [0.2, 0.25) is 0 Å². The van der Waals surface area contributed by atoms with Crippen molar-refractivity contribution in [3.8, 4) is 0 Å². The molecule has 1 aliphatic rings. The summed E-state index contributed by atoms with van der Waals surface area (Å²) in [6, 6.07) is 6.16. The van der Waals surface area contributed by atoms with E-state index in [1.165, 1.54) is 0 Å². The van der Waals surface area contributed by atoms with Gasteiger partial charge in [-0.3, -0.25) is 0 Å². The average molecular weight is 314 g/mol. The lowest BCUT2D eigenvalue weighted by Gasteiger charge is -2.25. The van der Waals surface area contributed by atoms with Crippen LogP contribution >= 0.6 is 15.9 Å². The van der Waals surface area contributed by atoms with Crippen LogP contribution in [0.3, 0.4) is 0 Å². The summed E-state index contributed by atoms with van der Waals surface area (Å²) < 4.78 is 6.19. The van der Waals surface area contributed by atoms with Gasteiger partial charge in [-0.15, -0.1) is 0 Å². The zero-order valence-electron chi connectivity index (χ0n) is 10.1.